The molecule has 0 N–H and O–H groups in total. The maximum absolute atomic E-state index is 13.6. The molecule has 8 atom stereocenters. The molecule has 5 aliphatic rings. The molecule has 5 fully saturated rings. The lowest BCUT2D eigenvalue weighted by Crippen LogP contribution is -2.53. The van der Waals surface area contributed by atoms with E-state index in [4.69, 9.17) is 0 Å². The van der Waals surface area contributed by atoms with E-state index in [0.717, 1.165) is 83.0 Å². The normalized spacial score (nSPS) is 36.5. The van der Waals surface area contributed by atoms with Crippen LogP contribution in [-0.4, -0.2) is 95.9 Å². The average Bonchev–Trinajstić information content (AvgIpc) is 3.39. The van der Waals surface area contributed by atoms with Crippen molar-refractivity contribution < 1.29 is 9.59 Å². The molecule has 2 amide bonds. The predicted molar refractivity (Wildman–Crippen MR) is 190 cm³/mol. The van der Waals surface area contributed by atoms with Crippen molar-refractivity contribution in [1.82, 2.24) is 19.6 Å². The summed E-state index contributed by atoms with van der Waals surface area (Å²) in [7, 11) is 0. The molecular formula is C40H70N4O2. The lowest BCUT2D eigenvalue weighted by molar-refractivity contribution is -0.136. The minimum Gasteiger partial charge on any atom is -0.340 e. The van der Waals surface area contributed by atoms with E-state index < -0.39 is 0 Å². The second-order valence-electron chi connectivity index (χ2n) is 17.6. The Morgan fingerprint density at radius 1 is 0.717 bits per heavy atom. The highest BCUT2D eigenvalue weighted by molar-refractivity contribution is 5.76. The fourth-order valence-electron chi connectivity index (χ4n) is 11.8. The zero-order valence-corrected chi connectivity index (χ0v) is 31.2. The first kappa shape index (κ1) is 35.9. The number of carbonyl (C=O) groups excluding carboxylic acids is 2. The van der Waals surface area contributed by atoms with Gasteiger partial charge in [0.25, 0.3) is 0 Å². The first-order chi connectivity index (χ1) is 21.8. The van der Waals surface area contributed by atoms with Crippen LogP contribution in [0.1, 0.15) is 120 Å². The van der Waals surface area contributed by atoms with Gasteiger partial charge in [0.2, 0.25) is 11.8 Å². The maximum Gasteiger partial charge on any atom is 0.222 e. The summed E-state index contributed by atoms with van der Waals surface area (Å²) in [5.74, 6) is 4.83. The molecule has 3 aliphatic carbocycles. The second-order valence-corrected chi connectivity index (χ2v) is 17.6. The molecule has 6 heteroatoms. The van der Waals surface area contributed by atoms with Gasteiger partial charge in [-0.3, -0.25) is 19.4 Å². The molecule has 2 heterocycles. The molecule has 3 saturated carbocycles. The van der Waals surface area contributed by atoms with Crippen LogP contribution >= 0.6 is 0 Å². The molecule has 2 aliphatic heterocycles. The first-order valence-corrected chi connectivity index (χ1v) is 19.4. The third-order valence-electron chi connectivity index (χ3n) is 14.7. The highest BCUT2D eigenvalue weighted by Gasteiger charge is 2.60. The summed E-state index contributed by atoms with van der Waals surface area (Å²) in [6.45, 7) is 31.0. The SMILES string of the molecule is C=C(C)C1CC[C@H]2[C@@H]3CC[C@H]([C@H](C)CCC(=O)N4CCN(C(C)C)CC4)[C@@]3(C)CC[C@@H]2[C@@]1(C)CCC(=O)N1CCN(C(C)C)CC1. The Morgan fingerprint density at radius 2 is 1.26 bits per heavy atom. The summed E-state index contributed by atoms with van der Waals surface area (Å²) in [5.41, 5.74) is 1.87. The monoisotopic (exact) mass is 639 g/mol. The first-order valence-electron chi connectivity index (χ1n) is 19.4. The molecule has 5 rings (SSSR count). The lowest BCUT2D eigenvalue weighted by atomic mass is 9.45. The summed E-state index contributed by atoms with van der Waals surface area (Å²) in [4.78, 5) is 36.0. The molecule has 6 nitrogen and oxygen atoms in total. The number of carbonyl (C=O) groups is 2. The number of hydrogen-bond acceptors (Lipinski definition) is 4. The fraction of sp³-hybridized carbons (Fsp3) is 0.900. The van der Waals surface area contributed by atoms with Gasteiger partial charge in [0.1, 0.15) is 0 Å². The van der Waals surface area contributed by atoms with Crippen molar-refractivity contribution in [3.8, 4) is 0 Å². The van der Waals surface area contributed by atoms with E-state index in [-0.39, 0.29) is 5.41 Å². The van der Waals surface area contributed by atoms with Crippen molar-refractivity contribution in [2.75, 3.05) is 52.4 Å². The third-order valence-corrected chi connectivity index (χ3v) is 14.7. The van der Waals surface area contributed by atoms with Crippen LogP contribution in [-0.2, 0) is 9.59 Å². The minimum absolute atomic E-state index is 0.154. The van der Waals surface area contributed by atoms with E-state index in [2.05, 4.69) is 81.6 Å². The molecule has 0 bridgehead atoms. The van der Waals surface area contributed by atoms with Gasteiger partial charge in [-0.25, -0.2) is 0 Å². The molecule has 262 valence electrons. The molecule has 0 radical (unpaired) electrons. The van der Waals surface area contributed by atoms with Crippen LogP contribution in [0, 0.1) is 46.3 Å². The number of amides is 2. The number of nitrogens with zero attached hydrogens (tertiary/aromatic N) is 4. The lowest BCUT2D eigenvalue weighted by Gasteiger charge is -2.60. The number of piperazine rings is 2. The number of fused-ring (bicyclic) bond motifs is 3. The standard InChI is InChI=1S/C40H70N4O2/c1-28(2)33-12-11-32-35-14-13-34(31(7)10-15-37(45)43-24-20-41(21-25-43)29(3)4)40(35,9)18-16-36(32)39(33,8)19-17-38(46)44-26-22-42(23-27-44)30(5)6/h29-36H,1,10-27H2,2-9H3/t31-,32+,33?,34-,35+,36+,39+,40-/m1/s1. The van der Waals surface area contributed by atoms with Crippen LogP contribution in [0.25, 0.3) is 0 Å². The van der Waals surface area contributed by atoms with Crippen molar-refractivity contribution in [2.24, 2.45) is 46.3 Å². The highest BCUT2D eigenvalue weighted by atomic mass is 16.2. The molecule has 0 aromatic carbocycles. The van der Waals surface area contributed by atoms with Gasteiger partial charge in [-0.1, -0.05) is 32.9 Å². The van der Waals surface area contributed by atoms with Crippen molar-refractivity contribution in [3.63, 3.8) is 0 Å². The number of rotatable bonds is 10. The van der Waals surface area contributed by atoms with E-state index in [0.29, 0.717) is 59.9 Å². The Hall–Kier alpha value is -1.40. The topological polar surface area (TPSA) is 47.1 Å². The summed E-state index contributed by atoms with van der Waals surface area (Å²) in [5, 5.41) is 0. The Bertz CT molecular complexity index is 1070. The van der Waals surface area contributed by atoms with Crippen LogP contribution in [0.15, 0.2) is 12.2 Å². The Labute approximate surface area is 283 Å². The van der Waals surface area contributed by atoms with Crippen molar-refractivity contribution in [3.05, 3.63) is 12.2 Å². The second kappa shape index (κ2) is 14.6. The van der Waals surface area contributed by atoms with Gasteiger partial charge in [0.15, 0.2) is 0 Å². The van der Waals surface area contributed by atoms with Crippen LogP contribution in [0.5, 0.6) is 0 Å². The Balaban J connectivity index is 1.19. The number of hydrogen-bond donors (Lipinski definition) is 0. The zero-order valence-electron chi connectivity index (χ0n) is 31.2. The van der Waals surface area contributed by atoms with Gasteiger partial charge in [0, 0.05) is 77.3 Å². The van der Waals surface area contributed by atoms with Crippen molar-refractivity contribution in [2.45, 2.75) is 132 Å². The molecule has 1 unspecified atom stereocenters. The van der Waals surface area contributed by atoms with Gasteiger partial charge >= 0.3 is 0 Å². The largest absolute Gasteiger partial charge is 0.340 e. The van der Waals surface area contributed by atoms with Crippen LogP contribution in [0.3, 0.4) is 0 Å². The van der Waals surface area contributed by atoms with Gasteiger partial charge < -0.3 is 9.80 Å². The van der Waals surface area contributed by atoms with Crippen LogP contribution in [0.4, 0.5) is 0 Å². The average molecular weight is 639 g/mol. The summed E-state index contributed by atoms with van der Waals surface area (Å²) in [6.07, 6.45) is 11.3. The van der Waals surface area contributed by atoms with Crippen LogP contribution in [0.2, 0.25) is 0 Å². The quantitative estimate of drug-likeness (QED) is 0.235. The summed E-state index contributed by atoms with van der Waals surface area (Å²) >= 11 is 0. The Morgan fingerprint density at radius 3 is 1.78 bits per heavy atom. The zero-order chi connectivity index (χ0) is 33.4. The van der Waals surface area contributed by atoms with Gasteiger partial charge in [-0.2, -0.15) is 0 Å². The summed E-state index contributed by atoms with van der Waals surface area (Å²) in [6, 6.07) is 1.12. The van der Waals surface area contributed by atoms with Gasteiger partial charge in [0.05, 0.1) is 0 Å². The molecule has 0 spiro atoms. The Kier molecular flexibility index (Phi) is 11.4. The van der Waals surface area contributed by atoms with E-state index in [1.165, 1.54) is 44.1 Å². The smallest absolute Gasteiger partial charge is 0.222 e. The minimum atomic E-state index is 0.154. The van der Waals surface area contributed by atoms with Gasteiger partial charge in [-0.15, -0.1) is 0 Å². The van der Waals surface area contributed by atoms with Crippen LogP contribution < -0.4 is 0 Å². The van der Waals surface area contributed by atoms with E-state index in [9.17, 15) is 9.59 Å². The third kappa shape index (κ3) is 7.14. The molecule has 0 aromatic heterocycles. The highest BCUT2D eigenvalue weighted by Crippen LogP contribution is 2.68. The molecule has 46 heavy (non-hydrogen) atoms. The van der Waals surface area contributed by atoms with E-state index >= 15 is 0 Å². The van der Waals surface area contributed by atoms with Gasteiger partial charge in [-0.05, 0) is 132 Å². The van der Waals surface area contributed by atoms with E-state index in [1.54, 1.807) is 0 Å². The van der Waals surface area contributed by atoms with Crippen molar-refractivity contribution >= 4 is 11.8 Å². The van der Waals surface area contributed by atoms with E-state index in [1.807, 2.05) is 0 Å². The molecular weight excluding hydrogens is 568 g/mol. The molecule has 0 aromatic rings. The summed E-state index contributed by atoms with van der Waals surface area (Å²) < 4.78 is 0. The maximum atomic E-state index is 13.6. The molecule has 2 saturated heterocycles. The number of allylic oxidation sites excluding steroid dienone is 1. The predicted octanol–water partition coefficient (Wildman–Crippen LogP) is 7.34. The van der Waals surface area contributed by atoms with Crippen molar-refractivity contribution in [1.29, 1.82) is 0 Å². The fourth-order valence-corrected chi connectivity index (χ4v) is 11.8.